The van der Waals surface area contributed by atoms with Gasteiger partial charge in [0.25, 0.3) is 0 Å². The van der Waals surface area contributed by atoms with E-state index < -0.39 is 0 Å². The van der Waals surface area contributed by atoms with Gasteiger partial charge in [-0.25, -0.2) is 5.11 Å². The molecule has 0 aromatic rings. The summed E-state index contributed by atoms with van der Waals surface area (Å²) in [5, 5.41) is 10.6. The first-order valence-corrected chi connectivity index (χ1v) is 4.84. The number of unbranched alkanes of at least 4 members (excludes halogenated alkanes) is 1. The topological polar surface area (TPSA) is 19.9 Å². The summed E-state index contributed by atoms with van der Waals surface area (Å²) in [6, 6.07) is 0. The van der Waals surface area contributed by atoms with Crippen molar-refractivity contribution < 1.29 is 5.11 Å². The normalized spacial score (nSPS) is 11.9. The van der Waals surface area contributed by atoms with Gasteiger partial charge in [0, 0.05) is 5.92 Å². The molecule has 0 aliphatic rings. The lowest BCUT2D eigenvalue weighted by Gasteiger charge is -2.02. The summed E-state index contributed by atoms with van der Waals surface area (Å²) in [4.78, 5) is 0. The Labute approximate surface area is 75.8 Å². The third-order valence-corrected chi connectivity index (χ3v) is 1.76. The number of hydrogen-bond acceptors (Lipinski definition) is 0. The minimum atomic E-state index is 0.000799. The maximum atomic E-state index is 10.6. The molecule has 0 rings (SSSR count). The zero-order valence-electron chi connectivity index (χ0n) is 8.18. The molecule has 0 spiro atoms. The molecule has 1 unspecified atom stereocenters. The molecule has 0 aliphatic carbocycles. The van der Waals surface area contributed by atoms with Crippen LogP contribution in [0.3, 0.4) is 0 Å². The second-order valence-electron chi connectivity index (χ2n) is 3.04. The van der Waals surface area contributed by atoms with E-state index >= 15 is 0 Å². The summed E-state index contributed by atoms with van der Waals surface area (Å²) in [6.07, 6.45) is 8.23. The van der Waals surface area contributed by atoms with Crippen molar-refractivity contribution in [3.8, 4) is 0 Å². The summed E-state index contributed by atoms with van der Waals surface area (Å²) >= 11 is 0. The summed E-state index contributed by atoms with van der Waals surface area (Å²) in [7, 11) is 0. The monoisotopic (exact) mass is 167 g/mol. The van der Waals surface area contributed by atoms with Crippen molar-refractivity contribution in [1.82, 2.24) is 0 Å². The van der Waals surface area contributed by atoms with Crippen LogP contribution in [0.5, 0.6) is 0 Å². The largest absolute Gasteiger partial charge is 0.236 e. The molecule has 0 bridgehead atoms. The van der Waals surface area contributed by atoms with Crippen molar-refractivity contribution in [2.45, 2.75) is 39.5 Å². The van der Waals surface area contributed by atoms with Gasteiger partial charge in [-0.2, -0.15) is 0 Å². The fraction of sp³-hybridized carbons (Fsp3) is 0.727. The van der Waals surface area contributed by atoms with Gasteiger partial charge in [-0.1, -0.05) is 26.7 Å². The third-order valence-electron chi connectivity index (χ3n) is 1.76. The van der Waals surface area contributed by atoms with E-state index in [9.17, 15) is 5.11 Å². The van der Waals surface area contributed by atoms with Crippen molar-refractivity contribution in [1.29, 1.82) is 0 Å². The molecule has 0 aromatic heterocycles. The third kappa shape index (κ3) is 6.21. The molecule has 0 N–H and O–H groups in total. The van der Waals surface area contributed by atoms with E-state index in [4.69, 9.17) is 0 Å². The number of hydrogen-bond donors (Lipinski definition) is 0. The van der Waals surface area contributed by atoms with Crippen LogP contribution in [-0.2, 0) is 5.11 Å². The van der Waals surface area contributed by atoms with Crippen LogP contribution in [0.1, 0.15) is 39.5 Å². The molecule has 1 heteroatoms. The molecule has 0 amide bonds. The van der Waals surface area contributed by atoms with E-state index in [-0.39, 0.29) is 12.5 Å². The van der Waals surface area contributed by atoms with Gasteiger partial charge in [-0.3, -0.25) is 0 Å². The van der Waals surface area contributed by atoms with Gasteiger partial charge in [-0.15, -0.1) is 5.73 Å². The molecule has 0 fully saturated rings. The van der Waals surface area contributed by atoms with Crippen molar-refractivity contribution in [2.24, 2.45) is 5.92 Å². The molecule has 1 nitrogen and oxygen atoms in total. The molecule has 0 aliphatic heterocycles. The van der Waals surface area contributed by atoms with Gasteiger partial charge in [-0.05, 0) is 25.0 Å². The Hall–Kier alpha value is -0.520. The molecular formula is C11H19O. The quantitative estimate of drug-likeness (QED) is 0.541. The fourth-order valence-electron chi connectivity index (χ4n) is 1.02. The van der Waals surface area contributed by atoms with Crippen LogP contribution >= 0.6 is 0 Å². The molecule has 1 atom stereocenters. The van der Waals surface area contributed by atoms with E-state index in [1.54, 1.807) is 0 Å². The van der Waals surface area contributed by atoms with Gasteiger partial charge in [0.1, 0.15) is 0 Å². The highest BCUT2D eigenvalue weighted by molar-refractivity contribution is 4.89. The summed E-state index contributed by atoms with van der Waals surface area (Å²) in [5.74, 6) is 0.197. The smallest absolute Gasteiger partial charge is 0.0891 e. The second-order valence-corrected chi connectivity index (χ2v) is 3.04. The van der Waals surface area contributed by atoms with Crippen LogP contribution in [0.15, 0.2) is 17.9 Å². The van der Waals surface area contributed by atoms with Crippen molar-refractivity contribution in [3.63, 3.8) is 0 Å². The zero-order chi connectivity index (χ0) is 9.23. The average Bonchev–Trinajstić information content (AvgIpc) is 2.10. The van der Waals surface area contributed by atoms with Crippen LogP contribution < -0.4 is 0 Å². The second kappa shape index (κ2) is 8.58. The van der Waals surface area contributed by atoms with Gasteiger partial charge in [0.2, 0.25) is 0 Å². The lowest BCUT2D eigenvalue weighted by Crippen LogP contribution is -1.99. The summed E-state index contributed by atoms with van der Waals surface area (Å²) in [5.41, 5.74) is 3.07. The van der Waals surface area contributed by atoms with Crippen LogP contribution in [0.25, 0.3) is 0 Å². The minimum absolute atomic E-state index is 0.000799. The van der Waals surface area contributed by atoms with Crippen LogP contribution in [0, 0.1) is 5.92 Å². The highest BCUT2D eigenvalue weighted by atomic mass is 16.3. The fourth-order valence-corrected chi connectivity index (χ4v) is 1.02. The lowest BCUT2D eigenvalue weighted by molar-refractivity contribution is 0.158. The Kier molecular flexibility index (Phi) is 8.20. The standard InChI is InChI=1S/C11H19O/c1-3-5-6-7-9-11(10-12)8-4-2/h6,9,11H,3-5,8,10H2,1-2H3. The van der Waals surface area contributed by atoms with E-state index in [0.29, 0.717) is 0 Å². The predicted octanol–water partition coefficient (Wildman–Crippen LogP) is 3.34. The zero-order valence-corrected chi connectivity index (χ0v) is 8.18. The van der Waals surface area contributed by atoms with Crippen molar-refractivity contribution in [3.05, 3.63) is 17.9 Å². The van der Waals surface area contributed by atoms with Gasteiger partial charge in [0.15, 0.2) is 0 Å². The van der Waals surface area contributed by atoms with Gasteiger partial charge < -0.3 is 0 Å². The first kappa shape index (κ1) is 11.5. The van der Waals surface area contributed by atoms with E-state index in [2.05, 4.69) is 19.6 Å². The molecule has 0 saturated heterocycles. The molecular weight excluding hydrogens is 148 g/mol. The minimum Gasteiger partial charge on any atom is -0.236 e. The Balaban J connectivity index is 3.74. The molecule has 0 saturated carbocycles. The van der Waals surface area contributed by atoms with Gasteiger partial charge >= 0.3 is 0 Å². The maximum Gasteiger partial charge on any atom is 0.0891 e. The van der Waals surface area contributed by atoms with Crippen LogP contribution in [0.4, 0.5) is 0 Å². The Bertz CT molecular complexity index is 143. The van der Waals surface area contributed by atoms with E-state index in [0.717, 1.165) is 25.7 Å². The molecule has 0 heterocycles. The molecule has 0 aromatic carbocycles. The molecule has 69 valence electrons. The van der Waals surface area contributed by atoms with Crippen molar-refractivity contribution in [2.75, 3.05) is 6.61 Å². The summed E-state index contributed by atoms with van der Waals surface area (Å²) < 4.78 is 0. The van der Waals surface area contributed by atoms with Crippen molar-refractivity contribution >= 4 is 0 Å². The maximum absolute atomic E-state index is 10.6. The Morgan fingerprint density at radius 3 is 2.58 bits per heavy atom. The first-order valence-electron chi connectivity index (χ1n) is 4.84. The van der Waals surface area contributed by atoms with E-state index in [1.807, 2.05) is 12.2 Å². The van der Waals surface area contributed by atoms with Crippen LogP contribution in [-0.4, -0.2) is 6.61 Å². The average molecular weight is 167 g/mol. The van der Waals surface area contributed by atoms with Gasteiger partial charge in [0.05, 0.1) is 6.61 Å². The SMILES string of the molecule is CCCC=C=CC(C[O])CCC. The molecule has 12 heavy (non-hydrogen) atoms. The Morgan fingerprint density at radius 2 is 2.08 bits per heavy atom. The molecule has 1 radical (unpaired) electrons. The highest BCUT2D eigenvalue weighted by Crippen LogP contribution is 2.06. The first-order chi connectivity index (χ1) is 5.85. The van der Waals surface area contributed by atoms with E-state index in [1.165, 1.54) is 0 Å². The highest BCUT2D eigenvalue weighted by Gasteiger charge is 2.00. The Morgan fingerprint density at radius 1 is 1.33 bits per heavy atom. The summed E-state index contributed by atoms with van der Waals surface area (Å²) in [6.45, 7) is 4.24. The van der Waals surface area contributed by atoms with Crippen LogP contribution in [0.2, 0.25) is 0 Å². The predicted molar refractivity (Wildman–Crippen MR) is 51.5 cm³/mol. The lowest BCUT2D eigenvalue weighted by atomic mass is 10.1. The number of rotatable bonds is 6.